The van der Waals surface area contributed by atoms with Crippen LogP contribution in [0.1, 0.15) is 35.3 Å². The topological polar surface area (TPSA) is 92.2 Å². The lowest BCUT2D eigenvalue weighted by molar-refractivity contribution is -0.135. The second kappa shape index (κ2) is 11.8. The van der Waals surface area contributed by atoms with Crippen molar-refractivity contribution < 1.29 is 28.6 Å². The average molecular weight is 484 g/mol. The molecule has 186 valence electrons. The van der Waals surface area contributed by atoms with Crippen molar-refractivity contribution in [3.8, 4) is 17.7 Å². The molecule has 1 aliphatic rings. The molecule has 8 nitrogen and oxygen atoms in total. The summed E-state index contributed by atoms with van der Waals surface area (Å²) >= 11 is 0. The molecule has 3 rings (SSSR count). The molecule has 9 heteroatoms. The van der Waals surface area contributed by atoms with E-state index in [1.54, 1.807) is 37.1 Å². The van der Waals surface area contributed by atoms with E-state index in [9.17, 15) is 19.1 Å². The van der Waals surface area contributed by atoms with Crippen LogP contribution in [-0.2, 0) is 9.53 Å². The third-order valence-electron chi connectivity index (χ3n) is 5.86. The van der Waals surface area contributed by atoms with E-state index in [1.807, 2.05) is 6.92 Å². The van der Waals surface area contributed by atoms with Crippen LogP contribution in [0.2, 0.25) is 0 Å². The molecule has 1 aromatic heterocycles. The zero-order valence-corrected chi connectivity index (χ0v) is 20.3. The first-order chi connectivity index (χ1) is 16.7. The first-order valence-corrected chi connectivity index (χ1v) is 11.3. The number of halogens is 1. The fraction of sp³-hybridized carbons (Fsp3) is 0.423. The van der Waals surface area contributed by atoms with E-state index in [4.69, 9.17) is 9.47 Å². The predicted molar refractivity (Wildman–Crippen MR) is 127 cm³/mol. The van der Waals surface area contributed by atoms with Crippen LogP contribution in [0.3, 0.4) is 0 Å². The summed E-state index contributed by atoms with van der Waals surface area (Å²) in [5.74, 6) is 5.00. The standard InChI is InChI=1S/C26H30FN3O5/c1-17-13-30(18(2)15-31)26(33)22-11-20(6-5-19-7-9-21(27)10-8-19)12-28-25(22)35-23(17)14-29(3)24(32)16-34-4/h7-12,17-18,23,31H,13-16H2,1-4H3/t17-,18+,23+/m0/s1. The third kappa shape index (κ3) is 6.56. The SMILES string of the molecule is COCC(=O)N(C)C[C@H]1Oc2ncc(C#Cc3ccc(F)cc3)cc2C(=O)N([C@H](C)CO)C[C@@H]1C. The molecule has 35 heavy (non-hydrogen) atoms. The van der Waals surface area contributed by atoms with Crippen molar-refractivity contribution in [1.29, 1.82) is 0 Å². The second-order valence-corrected chi connectivity index (χ2v) is 8.66. The number of carbonyl (C=O) groups excluding carboxylic acids is 2. The van der Waals surface area contributed by atoms with E-state index in [2.05, 4.69) is 16.8 Å². The van der Waals surface area contributed by atoms with Gasteiger partial charge in [0.2, 0.25) is 11.8 Å². The van der Waals surface area contributed by atoms with Crippen molar-refractivity contribution in [3.63, 3.8) is 0 Å². The fourth-order valence-electron chi connectivity index (χ4n) is 3.67. The molecule has 0 unspecified atom stereocenters. The van der Waals surface area contributed by atoms with Gasteiger partial charge in [0.05, 0.1) is 19.2 Å². The van der Waals surface area contributed by atoms with Gasteiger partial charge < -0.3 is 24.4 Å². The van der Waals surface area contributed by atoms with Crippen LogP contribution in [0.4, 0.5) is 4.39 Å². The third-order valence-corrected chi connectivity index (χ3v) is 5.86. The van der Waals surface area contributed by atoms with Crippen LogP contribution in [0.15, 0.2) is 36.5 Å². The van der Waals surface area contributed by atoms with Gasteiger partial charge in [0.25, 0.3) is 5.91 Å². The number of nitrogens with zero attached hydrogens (tertiary/aromatic N) is 3. The normalized spacial score (nSPS) is 18.3. The largest absolute Gasteiger partial charge is 0.472 e. The van der Waals surface area contributed by atoms with Gasteiger partial charge in [-0.05, 0) is 37.3 Å². The lowest BCUT2D eigenvalue weighted by Gasteiger charge is -2.37. The summed E-state index contributed by atoms with van der Waals surface area (Å²) in [5, 5.41) is 9.77. The van der Waals surface area contributed by atoms with Gasteiger partial charge in [-0.1, -0.05) is 18.8 Å². The Labute approximate surface area is 204 Å². The van der Waals surface area contributed by atoms with E-state index in [-0.39, 0.29) is 54.8 Å². The summed E-state index contributed by atoms with van der Waals surface area (Å²) in [4.78, 5) is 33.2. The maximum absolute atomic E-state index is 13.4. The van der Waals surface area contributed by atoms with E-state index in [0.29, 0.717) is 17.7 Å². The number of rotatable bonds is 6. The number of hydrogen-bond acceptors (Lipinski definition) is 6. The van der Waals surface area contributed by atoms with Crippen LogP contribution in [0.25, 0.3) is 0 Å². The summed E-state index contributed by atoms with van der Waals surface area (Å²) in [7, 11) is 3.12. The van der Waals surface area contributed by atoms with Gasteiger partial charge in [-0.25, -0.2) is 9.37 Å². The van der Waals surface area contributed by atoms with Crippen molar-refractivity contribution in [1.82, 2.24) is 14.8 Å². The highest BCUT2D eigenvalue weighted by atomic mass is 19.1. The highest BCUT2D eigenvalue weighted by molar-refractivity contribution is 5.97. The van der Waals surface area contributed by atoms with Gasteiger partial charge in [-0.3, -0.25) is 9.59 Å². The molecule has 1 aromatic carbocycles. The minimum absolute atomic E-state index is 0.0469. The zero-order chi connectivity index (χ0) is 25.5. The summed E-state index contributed by atoms with van der Waals surface area (Å²) in [6, 6.07) is 6.95. The monoisotopic (exact) mass is 483 g/mol. The summed E-state index contributed by atoms with van der Waals surface area (Å²) in [5.41, 5.74) is 1.33. The number of hydrogen-bond donors (Lipinski definition) is 1. The summed E-state index contributed by atoms with van der Waals surface area (Å²) < 4.78 is 24.2. The minimum Gasteiger partial charge on any atom is -0.472 e. The average Bonchev–Trinajstić information content (AvgIpc) is 2.85. The first-order valence-electron chi connectivity index (χ1n) is 11.3. The number of aliphatic hydroxyl groups excluding tert-OH is 1. The Hall–Kier alpha value is -3.48. The van der Waals surface area contributed by atoms with E-state index < -0.39 is 12.1 Å². The number of carbonyl (C=O) groups is 2. The number of aromatic nitrogens is 1. The Balaban J connectivity index is 1.96. The van der Waals surface area contributed by atoms with Gasteiger partial charge in [0.1, 0.15) is 24.1 Å². The van der Waals surface area contributed by atoms with Crippen LogP contribution < -0.4 is 4.74 Å². The van der Waals surface area contributed by atoms with Crippen LogP contribution in [-0.4, -0.2) is 84.3 Å². The van der Waals surface area contributed by atoms with Crippen molar-refractivity contribution in [2.75, 3.05) is 40.5 Å². The Morgan fingerprint density at radius 3 is 2.69 bits per heavy atom. The fourth-order valence-corrected chi connectivity index (χ4v) is 3.67. The van der Waals surface area contributed by atoms with E-state index in [0.717, 1.165) is 0 Å². The Morgan fingerprint density at radius 2 is 2.03 bits per heavy atom. The van der Waals surface area contributed by atoms with Crippen molar-refractivity contribution in [2.24, 2.45) is 5.92 Å². The number of fused-ring (bicyclic) bond motifs is 1. The number of ether oxygens (including phenoxy) is 2. The summed E-state index contributed by atoms with van der Waals surface area (Å²) in [6.45, 7) is 4.03. The molecule has 1 aliphatic heterocycles. The minimum atomic E-state index is -0.454. The van der Waals surface area contributed by atoms with Crippen LogP contribution in [0.5, 0.6) is 5.88 Å². The Morgan fingerprint density at radius 1 is 1.34 bits per heavy atom. The first kappa shape index (κ1) is 26.1. The predicted octanol–water partition coefficient (Wildman–Crippen LogP) is 1.95. The molecule has 0 fully saturated rings. The zero-order valence-electron chi connectivity index (χ0n) is 20.3. The molecule has 0 aliphatic carbocycles. The number of methoxy groups -OCH3 is 1. The van der Waals surface area contributed by atoms with Gasteiger partial charge in [-0.15, -0.1) is 0 Å². The van der Waals surface area contributed by atoms with Gasteiger partial charge in [-0.2, -0.15) is 0 Å². The Bertz CT molecular complexity index is 1110. The number of benzene rings is 1. The molecule has 2 aromatic rings. The van der Waals surface area contributed by atoms with E-state index >= 15 is 0 Å². The molecule has 2 amide bonds. The molecule has 0 spiro atoms. The van der Waals surface area contributed by atoms with Crippen LogP contribution in [0, 0.1) is 23.6 Å². The maximum Gasteiger partial charge on any atom is 0.259 e. The molecule has 2 heterocycles. The molecular formula is C26H30FN3O5. The maximum atomic E-state index is 13.4. The van der Waals surface area contributed by atoms with Crippen molar-refractivity contribution in [2.45, 2.75) is 26.0 Å². The van der Waals surface area contributed by atoms with Crippen molar-refractivity contribution in [3.05, 3.63) is 59.0 Å². The molecular weight excluding hydrogens is 453 g/mol. The van der Waals surface area contributed by atoms with Gasteiger partial charge in [0.15, 0.2) is 0 Å². The lowest BCUT2D eigenvalue weighted by Crippen LogP contribution is -2.50. The second-order valence-electron chi connectivity index (χ2n) is 8.66. The molecule has 0 saturated carbocycles. The van der Waals surface area contributed by atoms with Crippen molar-refractivity contribution >= 4 is 11.8 Å². The van der Waals surface area contributed by atoms with E-state index in [1.165, 1.54) is 30.3 Å². The number of amides is 2. The quantitative estimate of drug-likeness (QED) is 0.632. The number of likely N-dealkylation sites (N-methyl/N-ethyl adjacent to an activating group) is 1. The molecule has 3 atom stereocenters. The van der Waals surface area contributed by atoms with Gasteiger partial charge >= 0.3 is 0 Å². The van der Waals surface area contributed by atoms with Crippen LogP contribution >= 0.6 is 0 Å². The highest BCUT2D eigenvalue weighted by Crippen LogP contribution is 2.27. The number of aliphatic hydroxyl groups is 1. The highest BCUT2D eigenvalue weighted by Gasteiger charge is 2.34. The molecule has 0 radical (unpaired) electrons. The van der Waals surface area contributed by atoms with Gasteiger partial charge in [0, 0.05) is 43.9 Å². The molecule has 0 saturated heterocycles. The molecule has 0 bridgehead atoms. The lowest BCUT2D eigenvalue weighted by atomic mass is 10.00. The Kier molecular flexibility index (Phi) is 8.79. The smallest absolute Gasteiger partial charge is 0.259 e. The number of pyridine rings is 1. The summed E-state index contributed by atoms with van der Waals surface area (Å²) in [6.07, 6.45) is 1.05. The molecule has 1 N–H and O–H groups in total.